The Hall–Kier alpha value is -1.81. The number of nitrogens with one attached hydrogen (secondary N) is 1. The van der Waals surface area contributed by atoms with Gasteiger partial charge < -0.3 is 15.6 Å². The first kappa shape index (κ1) is 11.3. The van der Waals surface area contributed by atoms with Gasteiger partial charge in [-0.05, 0) is 36.4 Å². The van der Waals surface area contributed by atoms with Gasteiger partial charge in [-0.1, -0.05) is 6.07 Å². The van der Waals surface area contributed by atoms with Crippen LogP contribution in [0.3, 0.4) is 0 Å². The molecular weight excluding hydrogens is 226 g/mol. The lowest BCUT2D eigenvalue weighted by Crippen LogP contribution is -2.45. The predicted octanol–water partition coefficient (Wildman–Crippen LogP) is 1.73. The van der Waals surface area contributed by atoms with E-state index >= 15 is 0 Å². The molecule has 1 aromatic carbocycles. The van der Waals surface area contributed by atoms with Crippen LogP contribution in [0.15, 0.2) is 30.5 Å². The second kappa shape index (κ2) is 4.46. The molecule has 1 fully saturated rings. The van der Waals surface area contributed by atoms with Crippen molar-refractivity contribution in [2.75, 3.05) is 13.1 Å². The van der Waals surface area contributed by atoms with Gasteiger partial charge in [0.1, 0.15) is 0 Å². The topological polar surface area (TPSA) is 62.1 Å². The zero-order chi connectivity index (χ0) is 12.5. The minimum Gasteiger partial charge on any atom is -0.361 e. The summed E-state index contributed by atoms with van der Waals surface area (Å²) in [5.74, 6) is 0.0849. The maximum absolute atomic E-state index is 12.4. The third kappa shape index (κ3) is 1.99. The van der Waals surface area contributed by atoms with E-state index in [-0.39, 0.29) is 11.9 Å². The van der Waals surface area contributed by atoms with Crippen molar-refractivity contribution >= 4 is 16.8 Å². The van der Waals surface area contributed by atoms with Crippen LogP contribution < -0.4 is 5.73 Å². The molecule has 94 valence electrons. The fourth-order valence-corrected chi connectivity index (χ4v) is 2.56. The molecule has 0 saturated carbocycles. The summed E-state index contributed by atoms with van der Waals surface area (Å²) in [7, 11) is 0. The van der Waals surface area contributed by atoms with Crippen molar-refractivity contribution in [2.45, 2.75) is 18.9 Å². The molecule has 18 heavy (non-hydrogen) atoms. The van der Waals surface area contributed by atoms with Crippen molar-refractivity contribution < 1.29 is 4.79 Å². The van der Waals surface area contributed by atoms with Crippen LogP contribution in [0.1, 0.15) is 23.2 Å². The molecule has 0 radical (unpaired) electrons. The molecule has 2 aromatic rings. The Bertz CT molecular complexity index is 575. The van der Waals surface area contributed by atoms with Crippen molar-refractivity contribution in [1.29, 1.82) is 0 Å². The lowest BCUT2D eigenvalue weighted by molar-refractivity contribution is 0.0709. The Balaban J connectivity index is 1.86. The highest BCUT2D eigenvalue weighted by atomic mass is 16.2. The molecule has 4 heteroatoms. The van der Waals surface area contributed by atoms with Gasteiger partial charge in [0.2, 0.25) is 0 Å². The number of nitrogens with zero attached hydrogens (tertiary/aromatic N) is 1. The third-order valence-corrected chi connectivity index (χ3v) is 3.55. The third-order valence-electron chi connectivity index (χ3n) is 3.55. The smallest absolute Gasteiger partial charge is 0.253 e. The van der Waals surface area contributed by atoms with E-state index in [9.17, 15) is 4.79 Å². The van der Waals surface area contributed by atoms with Crippen LogP contribution >= 0.6 is 0 Å². The molecule has 3 N–H and O–H groups in total. The SMILES string of the molecule is NC1CCCN(C(=O)c2ccc3cc[nH]c3c2)C1. The minimum atomic E-state index is 0.0849. The number of rotatable bonds is 1. The lowest BCUT2D eigenvalue weighted by atomic mass is 10.0. The molecule has 4 nitrogen and oxygen atoms in total. The van der Waals surface area contributed by atoms with Crippen LogP contribution in [0.25, 0.3) is 10.9 Å². The summed E-state index contributed by atoms with van der Waals surface area (Å²) in [4.78, 5) is 17.4. The molecule has 1 unspecified atom stereocenters. The largest absolute Gasteiger partial charge is 0.361 e. The van der Waals surface area contributed by atoms with Gasteiger partial charge in [0.25, 0.3) is 5.91 Å². The predicted molar refractivity (Wildman–Crippen MR) is 71.4 cm³/mol. The summed E-state index contributed by atoms with van der Waals surface area (Å²) in [6.45, 7) is 1.48. The van der Waals surface area contributed by atoms with Crippen LogP contribution in [0, 0.1) is 0 Å². The monoisotopic (exact) mass is 243 g/mol. The highest BCUT2D eigenvalue weighted by Crippen LogP contribution is 2.17. The Kier molecular flexibility index (Phi) is 2.80. The number of amides is 1. The van der Waals surface area contributed by atoms with Crippen LogP contribution in [0.5, 0.6) is 0 Å². The van der Waals surface area contributed by atoms with Gasteiger partial charge in [-0.3, -0.25) is 4.79 Å². The lowest BCUT2D eigenvalue weighted by Gasteiger charge is -2.30. The number of fused-ring (bicyclic) bond motifs is 1. The Labute approximate surface area is 106 Å². The van der Waals surface area contributed by atoms with Gasteiger partial charge in [0.15, 0.2) is 0 Å². The van der Waals surface area contributed by atoms with Crippen LogP contribution in [0.4, 0.5) is 0 Å². The summed E-state index contributed by atoms with van der Waals surface area (Å²) in [5, 5.41) is 1.13. The maximum atomic E-state index is 12.4. The van der Waals surface area contributed by atoms with Gasteiger partial charge in [0.05, 0.1) is 0 Å². The quantitative estimate of drug-likeness (QED) is 0.801. The van der Waals surface area contributed by atoms with E-state index < -0.39 is 0 Å². The molecule has 0 aliphatic carbocycles. The molecule has 2 heterocycles. The first-order valence-electron chi connectivity index (χ1n) is 6.36. The Morgan fingerprint density at radius 3 is 3.11 bits per heavy atom. The number of aromatic amines is 1. The van der Waals surface area contributed by atoms with Gasteiger partial charge in [0, 0.05) is 36.4 Å². The molecule has 1 aliphatic rings. The van der Waals surface area contributed by atoms with E-state index in [1.807, 2.05) is 35.4 Å². The minimum absolute atomic E-state index is 0.0849. The van der Waals surface area contributed by atoms with Crippen molar-refractivity contribution in [2.24, 2.45) is 5.73 Å². The van der Waals surface area contributed by atoms with Gasteiger partial charge in [-0.25, -0.2) is 0 Å². The molecule has 1 amide bonds. The number of piperidine rings is 1. The van der Waals surface area contributed by atoms with Crippen molar-refractivity contribution in [3.63, 3.8) is 0 Å². The Morgan fingerprint density at radius 2 is 2.28 bits per heavy atom. The van der Waals surface area contributed by atoms with Gasteiger partial charge >= 0.3 is 0 Å². The standard InChI is InChI=1S/C14H17N3O/c15-12-2-1-7-17(9-12)14(18)11-4-3-10-5-6-16-13(10)8-11/h3-6,8,12,16H,1-2,7,9,15H2. The number of carbonyl (C=O) groups excluding carboxylic acids is 1. The number of likely N-dealkylation sites (tertiary alicyclic amines) is 1. The van der Waals surface area contributed by atoms with E-state index in [4.69, 9.17) is 5.73 Å². The normalized spacial score (nSPS) is 20.3. The molecule has 0 spiro atoms. The zero-order valence-corrected chi connectivity index (χ0v) is 10.2. The van der Waals surface area contributed by atoms with Crippen molar-refractivity contribution in [3.8, 4) is 0 Å². The number of benzene rings is 1. The average molecular weight is 243 g/mol. The average Bonchev–Trinajstić information content (AvgIpc) is 2.85. The summed E-state index contributed by atoms with van der Waals surface area (Å²) in [6.07, 6.45) is 3.90. The number of nitrogens with two attached hydrogens (primary N) is 1. The van der Waals surface area contributed by atoms with Gasteiger partial charge in [-0.2, -0.15) is 0 Å². The van der Waals surface area contributed by atoms with Crippen LogP contribution in [-0.2, 0) is 0 Å². The molecule has 3 rings (SSSR count). The number of hydrogen-bond donors (Lipinski definition) is 2. The van der Waals surface area contributed by atoms with Crippen LogP contribution in [-0.4, -0.2) is 34.9 Å². The fraction of sp³-hybridized carbons (Fsp3) is 0.357. The highest BCUT2D eigenvalue weighted by molar-refractivity contribution is 5.98. The number of hydrogen-bond acceptors (Lipinski definition) is 2. The molecular formula is C14H17N3O. The first-order chi connectivity index (χ1) is 8.74. The summed E-state index contributed by atoms with van der Waals surface area (Å²) in [5.41, 5.74) is 7.65. The zero-order valence-electron chi connectivity index (χ0n) is 10.2. The fourth-order valence-electron chi connectivity index (χ4n) is 2.56. The van der Waals surface area contributed by atoms with Crippen LogP contribution in [0.2, 0.25) is 0 Å². The maximum Gasteiger partial charge on any atom is 0.253 e. The number of carbonyl (C=O) groups is 1. The molecule has 1 aliphatic heterocycles. The molecule has 1 saturated heterocycles. The molecule has 1 atom stereocenters. The van der Waals surface area contributed by atoms with E-state index in [1.54, 1.807) is 0 Å². The summed E-state index contributed by atoms with van der Waals surface area (Å²) >= 11 is 0. The molecule has 0 bridgehead atoms. The molecule has 1 aromatic heterocycles. The van der Waals surface area contributed by atoms with Gasteiger partial charge in [-0.15, -0.1) is 0 Å². The van der Waals surface area contributed by atoms with E-state index in [0.29, 0.717) is 6.54 Å². The van der Waals surface area contributed by atoms with Crippen molar-refractivity contribution in [3.05, 3.63) is 36.0 Å². The Morgan fingerprint density at radius 1 is 1.39 bits per heavy atom. The van der Waals surface area contributed by atoms with Crippen molar-refractivity contribution in [1.82, 2.24) is 9.88 Å². The summed E-state index contributed by atoms with van der Waals surface area (Å²) < 4.78 is 0. The first-order valence-corrected chi connectivity index (χ1v) is 6.36. The van der Waals surface area contributed by atoms with E-state index in [1.165, 1.54) is 0 Å². The van der Waals surface area contributed by atoms with E-state index in [2.05, 4.69) is 4.98 Å². The highest BCUT2D eigenvalue weighted by Gasteiger charge is 2.22. The second-order valence-corrected chi connectivity index (χ2v) is 4.93. The second-order valence-electron chi connectivity index (χ2n) is 4.93. The number of aromatic nitrogens is 1. The number of H-pyrrole nitrogens is 1. The summed E-state index contributed by atoms with van der Waals surface area (Å²) in [6, 6.07) is 7.90. The van der Waals surface area contributed by atoms with E-state index in [0.717, 1.165) is 35.9 Å².